The second-order valence-electron chi connectivity index (χ2n) is 4.12. The minimum atomic E-state index is -0.268. The predicted molar refractivity (Wildman–Crippen MR) is 73.0 cm³/mol. The molecule has 2 rings (SSSR count). The van der Waals surface area contributed by atoms with Gasteiger partial charge in [0, 0.05) is 18.6 Å². The molecule has 0 amide bonds. The second-order valence-corrected chi connectivity index (χ2v) is 4.39. The number of alkyl halides is 1. The Balaban J connectivity index is 2.43. The van der Waals surface area contributed by atoms with E-state index >= 15 is 0 Å². The molecule has 1 heterocycles. The number of rotatable bonds is 3. The van der Waals surface area contributed by atoms with Crippen molar-refractivity contribution in [1.29, 1.82) is 0 Å². The van der Waals surface area contributed by atoms with Crippen LogP contribution in [-0.4, -0.2) is 12.0 Å². The molecule has 0 fully saturated rings. The summed E-state index contributed by atoms with van der Waals surface area (Å²) in [5.74, 6) is 0.841. The molecule has 2 aromatic rings. The number of anilines is 2. The van der Waals surface area contributed by atoms with E-state index < -0.39 is 0 Å². The summed E-state index contributed by atoms with van der Waals surface area (Å²) in [5, 5.41) is 0. The molecule has 0 saturated carbocycles. The van der Waals surface area contributed by atoms with Crippen LogP contribution in [0.1, 0.15) is 11.3 Å². The highest BCUT2D eigenvalue weighted by atomic mass is 35.5. The van der Waals surface area contributed by atoms with Crippen LogP contribution in [-0.2, 0) is 5.88 Å². The molecule has 1 aromatic heterocycles. The summed E-state index contributed by atoms with van der Waals surface area (Å²) in [5.41, 5.74) is 2.34. The first-order chi connectivity index (χ1) is 8.61. The van der Waals surface area contributed by atoms with E-state index in [0.29, 0.717) is 17.4 Å². The van der Waals surface area contributed by atoms with E-state index in [1.165, 1.54) is 6.07 Å². The highest BCUT2D eigenvalue weighted by Gasteiger charge is 2.11. The first-order valence-electron chi connectivity index (χ1n) is 5.63. The lowest BCUT2D eigenvalue weighted by Crippen LogP contribution is -2.13. The van der Waals surface area contributed by atoms with Gasteiger partial charge in [0.15, 0.2) is 0 Å². The van der Waals surface area contributed by atoms with Gasteiger partial charge in [0.2, 0.25) is 0 Å². The predicted octanol–water partition coefficient (Wildman–Crippen LogP) is 4.04. The van der Waals surface area contributed by atoms with Crippen molar-refractivity contribution in [3.63, 3.8) is 0 Å². The number of para-hydroxylation sites is 1. The molecule has 1 aromatic carbocycles. The summed E-state index contributed by atoms with van der Waals surface area (Å²) in [6, 6.07) is 10.4. The fraction of sp³-hybridized carbons (Fsp3) is 0.214. The monoisotopic (exact) mass is 264 g/mol. The fourth-order valence-corrected chi connectivity index (χ4v) is 1.97. The number of aryl methyl sites for hydroxylation is 1. The number of halogens is 2. The molecule has 2 nitrogen and oxygen atoms in total. The van der Waals surface area contributed by atoms with E-state index in [1.807, 2.05) is 19.1 Å². The van der Waals surface area contributed by atoms with Gasteiger partial charge in [-0.05, 0) is 36.8 Å². The van der Waals surface area contributed by atoms with Gasteiger partial charge in [-0.15, -0.1) is 11.6 Å². The summed E-state index contributed by atoms with van der Waals surface area (Å²) in [4.78, 5) is 6.12. The molecule has 0 aliphatic carbocycles. The molecule has 0 aliphatic rings. The van der Waals surface area contributed by atoms with Crippen molar-refractivity contribution in [3.05, 3.63) is 53.5 Å². The molecule has 4 heteroatoms. The lowest BCUT2D eigenvalue weighted by Gasteiger charge is -2.20. The zero-order chi connectivity index (χ0) is 13.1. The molecule has 0 radical (unpaired) electrons. The van der Waals surface area contributed by atoms with Crippen molar-refractivity contribution in [1.82, 2.24) is 4.98 Å². The van der Waals surface area contributed by atoms with Crippen LogP contribution in [0.5, 0.6) is 0 Å². The van der Waals surface area contributed by atoms with Crippen LogP contribution in [0.3, 0.4) is 0 Å². The van der Waals surface area contributed by atoms with Crippen LogP contribution in [0.4, 0.5) is 15.9 Å². The average Bonchev–Trinajstić information content (AvgIpc) is 2.37. The first kappa shape index (κ1) is 12.8. The maximum Gasteiger partial charge on any atom is 0.146 e. The third-order valence-electron chi connectivity index (χ3n) is 2.71. The maximum atomic E-state index is 13.7. The standard InChI is InChI=1S/C14H14ClFN2/c1-10-7-11(9-15)8-14(17-10)18(2)13-6-4-3-5-12(13)16/h3-8H,9H2,1-2H3. The third-order valence-corrected chi connectivity index (χ3v) is 3.02. The Morgan fingerprint density at radius 3 is 2.67 bits per heavy atom. The Morgan fingerprint density at radius 1 is 1.28 bits per heavy atom. The zero-order valence-corrected chi connectivity index (χ0v) is 11.1. The van der Waals surface area contributed by atoms with Crippen LogP contribution in [0.25, 0.3) is 0 Å². The Labute approximate surface area is 111 Å². The normalized spacial score (nSPS) is 10.4. The number of aromatic nitrogens is 1. The van der Waals surface area contributed by atoms with Crippen molar-refractivity contribution in [2.75, 3.05) is 11.9 Å². The minimum Gasteiger partial charge on any atom is -0.327 e. The van der Waals surface area contributed by atoms with E-state index in [1.54, 1.807) is 30.1 Å². The summed E-state index contributed by atoms with van der Waals surface area (Å²) in [7, 11) is 1.79. The number of hydrogen-bond donors (Lipinski definition) is 0. The molecule has 18 heavy (non-hydrogen) atoms. The van der Waals surface area contributed by atoms with Gasteiger partial charge >= 0.3 is 0 Å². The molecule has 0 saturated heterocycles. The van der Waals surface area contributed by atoms with Crippen molar-refractivity contribution in [2.45, 2.75) is 12.8 Å². The highest BCUT2D eigenvalue weighted by molar-refractivity contribution is 6.17. The summed E-state index contributed by atoms with van der Waals surface area (Å²) in [6.45, 7) is 1.90. The van der Waals surface area contributed by atoms with Gasteiger partial charge < -0.3 is 4.90 Å². The van der Waals surface area contributed by atoms with Gasteiger partial charge in [-0.25, -0.2) is 9.37 Å². The smallest absolute Gasteiger partial charge is 0.146 e. The molecular formula is C14H14ClFN2. The van der Waals surface area contributed by atoms with Gasteiger partial charge in [-0.3, -0.25) is 0 Å². The van der Waals surface area contributed by atoms with Gasteiger partial charge in [0.25, 0.3) is 0 Å². The number of pyridine rings is 1. The van der Waals surface area contributed by atoms with Crippen LogP contribution in [0, 0.1) is 12.7 Å². The van der Waals surface area contributed by atoms with Crippen LogP contribution in [0.15, 0.2) is 36.4 Å². The lowest BCUT2D eigenvalue weighted by atomic mass is 10.2. The van der Waals surface area contributed by atoms with E-state index in [-0.39, 0.29) is 5.82 Å². The fourth-order valence-electron chi connectivity index (χ4n) is 1.82. The number of benzene rings is 1. The second kappa shape index (κ2) is 5.36. The topological polar surface area (TPSA) is 16.1 Å². The minimum absolute atomic E-state index is 0.268. The maximum absolute atomic E-state index is 13.7. The quantitative estimate of drug-likeness (QED) is 0.778. The molecule has 0 atom stereocenters. The molecule has 0 bridgehead atoms. The summed E-state index contributed by atoms with van der Waals surface area (Å²) < 4.78 is 13.7. The van der Waals surface area contributed by atoms with E-state index in [2.05, 4.69) is 4.98 Å². The van der Waals surface area contributed by atoms with Crippen molar-refractivity contribution in [3.8, 4) is 0 Å². The van der Waals surface area contributed by atoms with Crippen molar-refractivity contribution in [2.24, 2.45) is 0 Å². The average molecular weight is 265 g/mol. The summed E-state index contributed by atoms with van der Waals surface area (Å²) >= 11 is 5.83. The Morgan fingerprint density at radius 2 is 2.00 bits per heavy atom. The third kappa shape index (κ3) is 2.62. The van der Waals surface area contributed by atoms with Crippen molar-refractivity contribution >= 4 is 23.1 Å². The van der Waals surface area contributed by atoms with Gasteiger partial charge in [0.05, 0.1) is 5.69 Å². The van der Waals surface area contributed by atoms with Crippen LogP contribution >= 0.6 is 11.6 Å². The Hall–Kier alpha value is -1.61. The van der Waals surface area contributed by atoms with Crippen molar-refractivity contribution < 1.29 is 4.39 Å². The van der Waals surface area contributed by atoms with Crippen LogP contribution < -0.4 is 4.90 Å². The number of hydrogen-bond acceptors (Lipinski definition) is 2. The zero-order valence-electron chi connectivity index (χ0n) is 10.3. The molecule has 0 unspecified atom stereocenters. The van der Waals surface area contributed by atoms with E-state index in [0.717, 1.165) is 11.3 Å². The molecular weight excluding hydrogens is 251 g/mol. The Kier molecular flexibility index (Phi) is 3.82. The van der Waals surface area contributed by atoms with E-state index in [4.69, 9.17) is 11.6 Å². The lowest BCUT2D eigenvalue weighted by molar-refractivity contribution is 0.627. The Bertz CT molecular complexity index is 557. The summed E-state index contributed by atoms with van der Waals surface area (Å²) in [6.07, 6.45) is 0. The van der Waals surface area contributed by atoms with Gasteiger partial charge in [-0.2, -0.15) is 0 Å². The van der Waals surface area contributed by atoms with Crippen LogP contribution in [0.2, 0.25) is 0 Å². The number of nitrogens with zero attached hydrogens (tertiary/aromatic N) is 2. The first-order valence-corrected chi connectivity index (χ1v) is 6.17. The highest BCUT2D eigenvalue weighted by Crippen LogP contribution is 2.25. The van der Waals surface area contributed by atoms with Gasteiger partial charge in [0.1, 0.15) is 11.6 Å². The molecule has 0 spiro atoms. The van der Waals surface area contributed by atoms with E-state index in [9.17, 15) is 4.39 Å². The SMILES string of the molecule is Cc1cc(CCl)cc(N(C)c2ccccc2F)n1. The van der Waals surface area contributed by atoms with Gasteiger partial charge in [-0.1, -0.05) is 12.1 Å². The molecule has 94 valence electrons. The molecule has 0 N–H and O–H groups in total. The largest absolute Gasteiger partial charge is 0.327 e. The molecule has 0 aliphatic heterocycles.